The van der Waals surface area contributed by atoms with Gasteiger partial charge in [-0.3, -0.25) is 4.79 Å². The van der Waals surface area contributed by atoms with E-state index in [1.54, 1.807) is 36.0 Å². The van der Waals surface area contributed by atoms with Crippen LogP contribution in [0.5, 0.6) is 0 Å². The van der Waals surface area contributed by atoms with Crippen LogP contribution in [0.15, 0.2) is 30.7 Å². The molecule has 2 aliphatic carbocycles. The van der Waals surface area contributed by atoms with Crippen molar-refractivity contribution >= 4 is 23.2 Å². The van der Waals surface area contributed by atoms with Crippen LogP contribution < -0.4 is 5.32 Å². The smallest absolute Gasteiger partial charge is 0.274 e. The first kappa shape index (κ1) is 23.9. The minimum absolute atomic E-state index is 0.0529. The fraction of sp³-hybridized carbons (Fsp3) is 0.500. The highest BCUT2D eigenvalue weighted by Gasteiger charge is 2.51. The highest BCUT2D eigenvalue weighted by atomic mass is 35.5. The van der Waals surface area contributed by atoms with E-state index >= 15 is 0 Å². The monoisotopic (exact) mass is 502 g/mol. The predicted molar refractivity (Wildman–Crippen MR) is 127 cm³/mol. The zero-order chi connectivity index (χ0) is 24.7. The van der Waals surface area contributed by atoms with E-state index < -0.39 is 11.4 Å². The summed E-state index contributed by atoms with van der Waals surface area (Å²) >= 11 is 5.85. The highest BCUT2D eigenvalue weighted by Crippen LogP contribution is 2.56. The number of halogens is 2. The van der Waals surface area contributed by atoms with Crippen LogP contribution in [0.3, 0.4) is 0 Å². The Morgan fingerprint density at radius 2 is 2.09 bits per heavy atom. The van der Waals surface area contributed by atoms with Crippen LogP contribution in [0.25, 0.3) is 0 Å². The normalized spacial score (nSPS) is 25.7. The first-order valence-electron chi connectivity index (χ1n) is 11.7. The van der Waals surface area contributed by atoms with Gasteiger partial charge >= 0.3 is 0 Å². The molecule has 2 N–H and O–H groups in total. The molecule has 2 saturated carbocycles. The number of carbonyl (C=O) groups is 1. The first-order chi connectivity index (χ1) is 16.8. The summed E-state index contributed by atoms with van der Waals surface area (Å²) in [6.45, 7) is 1.05. The Hall–Kier alpha value is -2.82. The molecule has 2 aliphatic rings. The van der Waals surface area contributed by atoms with E-state index in [9.17, 15) is 14.3 Å². The number of anilines is 1. The van der Waals surface area contributed by atoms with E-state index in [-0.39, 0.29) is 16.8 Å². The lowest BCUT2D eigenvalue weighted by molar-refractivity contribution is 0.0292. The van der Waals surface area contributed by atoms with Crippen molar-refractivity contribution in [2.45, 2.75) is 43.7 Å². The summed E-state index contributed by atoms with van der Waals surface area (Å²) in [5.41, 5.74) is 1.27. The molecule has 2 atom stereocenters. The number of fused-ring (bicyclic) bond motifs is 1. The molecule has 0 saturated heterocycles. The number of benzene rings is 1. The number of nitrogens with one attached hydrogen (secondary N) is 1. The van der Waals surface area contributed by atoms with E-state index in [1.165, 1.54) is 18.2 Å². The number of aromatic nitrogens is 5. The van der Waals surface area contributed by atoms with E-state index in [0.717, 1.165) is 18.5 Å². The van der Waals surface area contributed by atoms with Crippen molar-refractivity contribution in [2.24, 2.45) is 18.9 Å². The minimum atomic E-state index is -0.988. The van der Waals surface area contributed by atoms with Crippen molar-refractivity contribution in [3.05, 3.63) is 58.6 Å². The molecule has 11 heteroatoms. The molecule has 0 spiro atoms. The summed E-state index contributed by atoms with van der Waals surface area (Å²) in [6.07, 6.45) is 6.19. The van der Waals surface area contributed by atoms with Crippen LogP contribution in [0, 0.1) is 17.7 Å². The van der Waals surface area contributed by atoms with Crippen molar-refractivity contribution in [1.82, 2.24) is 24.5 Å². The van der Waals surface area contributed by atoms with Gasteiger partial charge in [-0.1, -0.05) is 11.6 Å². The van der Waals surface area contributed by atoms with Crippen LogP contribution in [0.2, 0.25) is 5.02 Å². The lowest BCUT2D eigenvalue weighted by atomic mass is 9.90. The molecule has 35 heavy (non-hydrogen) atoms. The van der Waals surface area contributed by atoms with Gasteiger partial charge in [-0.25, -0.2) is 9.37 Å². The summed E-state index contributed by atoms with van der Waals surface area (Å²) < 4.78 is 20.3. The third-order valence-electron chi connectivity index (χ3n) is 7.29. The number of aliphatic hydroxyl groups is 1. The third-order valence-corrected chi connectivity index (χ3v) is 7.58. The molecule has 186 valence electrons. The SMILES string of the molecule is COCCn1ncc(C2(O)CC3CC(c4ncn(C)c4C(=O)Nc4ccc(F)c(Cl)c4)CC3C2)n1. The Morgan fingerprint density at radius 1 is 1.34 bits per heavy atom. The van der Waals surface area contributed by atoms with Crippen LogP contribution in [-0.2, 0) is 23.9 Å². The Balaban J connectivity index is 1.28. The topological polar surface area (TPSA) is 107 Å². The van der Waals surface area contributed by atoms with Crippen molar-refractivity contribution in [1.29, 1.82) is 0 Å². The summed E-state index contributed by atoms with van der Waals surface area (Å²) in [4.78, 5) is 19.2. The number of nitrogens with zero attached hydrogens (tertiary/aromatic N) is 5. The molecule has 0 radical (unpaired) electrons. The number of amides is 1. The van der Waals surface area contributed by atoms with Crippen molar-refractivity contribution in [2.75, 3.05) is 19.0 Å². The standard InChI is InChI=1S/C24H28ClFN6O3/c1-31-13-27-21(22(31)23(33)29-17-3-4-19(26)18(25)9-17)14-7-15-10-24(34,11-16(15)8-14)20-12-28-32(30-20)5-6-35-2/h3-4,9,12-16,34H,5-8,10-11H2,1-2H3,(H,29,33). The second kappa shape index (κ2) is 9.33. The second-order valence-corrected chi connectivity index (χ2v) is 10.0. The van der Waals surface area contributed by atoms with Gasteiger partial charge in [0, 0.05) is 25.8 Å². The van der Waals surface area contributed by atoms with Gasteiger partial charge in [0.1, 0.15) is 22.8 Å². The van der Waals surface area contributed by atoms with Gasteiger partial charge in [-0.05, 0) is 55.7 Å². The molecule has 3 aromatic rings. The average molecular weight is 503 g/mol. The number of imidazole rings is 1. The lowest BCUT2D eigenvalue weighted by Gasteiger charge is -2.22. The molecule has 1 aromatic carbocycles. The highest BCUT2D eigenvalue weighted by molar-refractivity contribution is 6.31. The molecule has 5 rings (SSSR count). The minimum Gasteiger partial charge on any atom is -0.383 e. The van der Waals surface area contributed by atoms with Crippen molar-refractivity contribution in [3.8, 4) is 0 Å². The van der Waals surface area contributed by atoms with Gasteiger partial charge in [0.15, 0.2) is 0 Å². The van der Waals surface area contributed by atoms with Gasteiger partial charge in [-0.2, -0.15) is 15.0 Å². The largest absolute Gasteiger partial charge is 0.383 e. The summed E-state index contributed by atoms with van der Waals surface area (Å²) in [6, 6.07) is 4.08. The molecular formula is C24H28ClFN6O3. The molecule has 2 aromatic heterocycles. The summed E-state index contributed by atoms with van der Waals surface area (Å²) in [5, 5.41) is 22.8. The number of aryl methyl sites for hydroxylation is 1. The fourth-order valence-electron chi connectivity index (χ4n) is 5.67. The van der Waals surface area contributed by atoms with Gasteiger partial charge in [0.2, 0.25) is 0 Å². The van der Waals surface area contributed by atoms with Crippen LogP contribution in [0.4, 0.5) is 10.1 Å². The Morgan fingerprint density at radius 3 is 2.77 bits per heavy atom. The van der Waals surface area contributed by atoms with Gasteiger partial charge < -0.3 is 19.7 Å². The second-order valence-electron chi connectivity index (χ2n) is 9.62. The fourth-order valence-corrected chi connectivity index (χ4v) is 5.85. The molecule has 1 amide bonds. The molecule has 2 heterocycles. The lowest BCUT2D eigenvalue weighted by Crippen LogP contribution is -2.24. The maximum absolute atomic E-state index is 13.5. The van der Waals surface area contributed by atoms with E-state index in [0.29, 0.717) is 54.9 Å². The Kier molecular flexibility index (Phi) is 6.37. The van der Waals surface area contributed by atoms with Crippen LogP contribution >= 0.6 is 11.6 Å². The molecular weight excluding hydrogens is 475 g/mol. The zero-order valence-electron chi connectivity index (χ0n) is 19.6. The molecule has 2 fully saturated rings. The number of hydrogen-bond acceptors (Lipinski definition) is 6. The van der Waals surface area contributed by atoms with Gasteiger partial charge in [0.25, 0.3) is 5.91 Å². The molecule has 0 bridgehead atoms. The van der Waals surface area contributed by atoms with E-state index in [2.05, 4.69) is 20.5 Å². The number of rotatable bonds is 7. The summed E-state index contributed by atoms with van der Waals surface area (Å²) in [5.74, 6) is -0.124. The number of methoxy groups -OCH3 is 1. The van der Waals surface area contributed by atoms with Crippen LogP contribution in [-0.4, -0.2) is 49.3 Å². The van der Waals surface area contributed by atoms with Gasteiger partial charge in [0.05, 0.1) is 36.4 Å². The number of hydrogen-bond donors (Lipinski definition) is 2. The van der Waals surface area contributed by atoms with Crippen molar-refractivity contribution < 1.29 is 19.0 Å². The summed E-state index contributed by atoms with van der Waals surface area (Å²) in [7, 11) is 3.41. The van der Waals surface area contributed by atoms with Crippen molar-refractivity contribution in [3.63, 3.8) is 0 Å². The predicted octanol–water partition coefficient (Wildman–Crippen LogP) is 3.49. The van der Waals surface area contributed by atoms with E-state index in [1.807, 2.05) is 0 Å². The number of ether oxygens (including phenoxy) is 1. The molecule has 0 aliphatic heterocycles. The van der Waals surface area contributed by atoms with Crippen LogP contribution in [0.1, 0.15) is 53.5 Å². The first-order valence-corrected chi connectivity index (χ1v) is 12.0. The Labute approximate surface area is 207 Å². The van der Waals surface area contributed by atoms with Gasteiger partial charge in [-0.15, -0.1) is 0 Å². The molecule has 2 unspecified atom stereocenters. The Bertz CT molecular complexity index is 1230. The average Bonchev–Trinajstić information content (AvgIpc) is 3.57. The maximum Gasteiger partial charge on any atom is 0.274 e. The molecule has 9 nitrogen and oxygen atoms in total. The maximum atomic E-state index is 13.5. The van der Waals surface area contributed by atoms with E-state index in [4.69, 9.17) is 16.3 Å². The zero-order valence-corrected chi connectivity index (χ0v) is 20.4. The third kappa shape index (κ3) is 4.57. The number of carbonyl (C=O) groups excluding carboxylic acids is 1. The quantitative estimate of drug-likeness (QED) is 0.512.